The van der Waals surface area contributed by atoms with Gasteiger partial charge in [0.2, 0.25) is 11.9 Å². The summed E-state index contributed by atoms with van der Waals surface area (Å²) in [6.07, 6.45) is 6.48. The molecule has 0 amide bonds. The molecule has 3 aliphatic rings. The van der Waals surface area contributed by atoms with Crippen molar-refractivity contribution in [2.45, 2.75) is 44.8 Å². The molecule has 180 valence electrons. The number of nitrogens with zero attached hydrogens (tertiary/aromatic N) is 6. The number of carbonyl (C=O) groups is 1. The van der Waals surface area contributed by atoms with Crippen LogP contribution in [0.4, 0.5) is 20.5 Å². The lowest BCUT2D eigenvalue weighted by molar-refractivity contribution is -0.119. The Kier molecular flexibility index (Phi) is 5.12. The monoisotopic (exact) mass is 477 g/mol. The molecule has 3 aromatic heterocycles. The van der Waals surface area contributed by atoms with E-state index in [1.165, 1.54) is 36.7 Å². The molecule has 0 unspecified atom stereocenters. The Bertz CT molecular complexity index is 1360. The smallest absolute Gasteiger partial charge is 0.246 e. The first kappa shape index (κ1) is 21.8. The van der Waals surface area contributed by atoms with E-state index in [0.29, 0.717) is 17.9 Å². The number of Topliss-reactive ketones (excluding diaryl/α,β-unsaturated/α-hetero) is 1. The van der Waals surface area contributed by atoms with E-state index in [-0.39, 0.29) is 36.5 Å². The molecule has 0 bridgehead atoms. The van der Waals surface area contributed by atoms with Gasteiger partial charge in [-0.3, -0.25) is 9.79 Å². The average molecular weight is 478 g/mol. The van der Waals surface area contributed by atoms with Gasteiger partial charge in [0.25, 0.3) is 0 Å². The second-order valence-electron chi connectivity index (χ2n) is 9.79. The van der Waals surface area contributed by atoms with Crippen LogP contribution < -0.4 is 10.2 Å². The molecule has 0 spiro atoms. The van der Waals surface area contributed by atoms with Crippen molar-refractivity contribution in [2.24, 2.45) is 10.4 Å². The quantitative estimate of drug-likeness (QED) is 0.547. The maximum absolute atomic E-state index is 14.5. The molecule has 3 aromatic rings. The lowest BCUT2D eigenvalue weighted by Gasteiger charge is -2.24. The molecule has 0 aromatic carbocycles. The molecule has 1 N–H and O–H groups in total. The van der Waals surface area contributed by atoms with Gasteiger partial charge in [0.15, 0.2) is 11.6 Å². The summed E-state index contributed by atoms with van der Waals surface area (Å²) < 4.78 is 29.4. The Morgan fingerprint density at radius 2 is 2.14 bits per heavy atom. The minimum Gasteiger partial charge on any atom is -0.326 e. The number of alkyl halides is 1. The fourth-order valence-electron chi connectivity index (χ4n) is 4.77. The number of ketones is 1. The third kappa shape index (κ3) is 4.17. The number of halogens is 2. The van der Waals surface area contributed by atoms with Crippen LogP contribution in [0.3, 0.4) is 0 Å². The van der Waals surface area contributed by atoms with Gasteiger partial charge in [0.1, 0.15) is 17.5 Å². The highest BCUT2D eigenvalue weighted by molar-refractivity contribution is 6.07. The lowest BCUT2D eigenvalue weighted by Crippen LogP contribution is -2.38. The molecule has 10 heteroatoms. The van der Waals surface area contributed by atoms with Crippen LogP contribution in [0.5, 0.6) is 0 Å². The van der Waals surface area contributed by atoms with Gasteiger partial charge in [0, 0.05) is 25.2 Å². The van der Waals surface area contributed by atoms with Crippen molar-refractivity contribution >= 4 is 28.9 Å². The standard InChI is InChI=1S/C25H25F2N7O/c1-25(6-7-25)16-10-22(29-13-16)30-23-18-3-2-8-34(18)32-24(31-23)33-14-17(26)11-19(33)20(35)9-15-4-5-21(27)28-12-15/h2-5,8,10,12,17,19H,6-7,9,11,13-14H2,1H3,(H,29,30,31,32)/t17-,19+/m1/s1. The molecule has 8 nitrogen and oxygen atoms in total. The minimum atomic E-state index is -1.18. The van der Waals surface area contributed by atoms with Gasteiger partial charge < -0.3 is 10.2 Å². The molecule has 5 heterocycles. The Morgan fingerprint density at radius 3 is 2.91 bits per heavy atom. The molecule has 2 fully saturated rings. The number of anilines is 2. The number of amidine groups is 1. The van der Waals surface area contributed by atoms with Gasteiger partial charge in [-0.2, -0.15) is 9.37 Å². The summed E-state index contributed by atoms with van der Waals surface area (Å²) in [4.78, 5) is 27.7. The number of hydrogen-bond donors (Lipinski definition) is 1. The first-order chi connectivity index (χ1) is 16.9. The van der Waals surface area contributed by atoms with Crippen molar-refractivity contribution in [1.82, 2.24) is 19.6 Å². The third-order valence-electron chi connectivity index (χ3n) is 7.18. The predicted molar refractivity (Wildman–Crippen MR) is 128 cm³/mol. The van der Waals surface area contributed by atoms with Crippen LogP contribution in [0.1, 0.15) is 31.7 Å². The Hall–Kier alpha value is -3.69. The summed E-state index contributed by atoms with van der Waals surface area (Å²) in [7, 11) is 0. The van der Waals surface area contributed by atoms with E-state index >= 15 is 0 Å². The van der Waals surface area contributed by atoms with Crippen molar-refractivity contribution in [3.63, 3.8) is 0 Å². The van der Waals surface area contributed by atoms with Crippen molar-refractivity contribution in [3.05, 3.63) is 59.8 Å². The fourth-order valence-corrected chi connectivity index (χ4v) is 4.77. The zero-order valence-corrected chi connectivity index (χ0v) is 19.3. The van der Waals surface area contributed by atoms with E-state index in [4.69, 9.17) is 4.98 Å². The van der Waals surface area contributed by atoms with E-state index in [2.05, 4.69) is 33.4 Å². The minimum absolute atomic E-state index is 0.0215. The summed E-state index contributed by atoms with van der Waals surface area (Å²) in [6, 6.07) is 5.75. The SMILES string of the molecule is CC1(C2=CC(Nc3nc(N4C[C@H](F)C[C@H]4C(=O)Cc4ccc(F)nc4)nn4cccc34)=NC2)CC1. The van der Waals surface area contributed by atoms with Crippen LogP contribution in [-0.4, -0.2) is 56.5 Å². The van der Waals surface area contributed by atoms with E-state index < -0.39 is 18.2 Å². The molecule has 2 atom stereocenters. The van der Waals surface area contributed by atoms with E-state index in [0.717, 1.165) is 11.4 Å². The summed E-state index contributed by atoms with van der Waals surface area (Å²) in [5.74, 6) is 0.759. The van der Waals surface area contributed by atoms with Crippen LogP contribution in [0, 0.1) is 11.4 Å². The number of pyridine rings is 1. The number of fused-ring (bicyclic) bond motifs is 1. The Morgan fingerprint density at radius 1 is 1.29 bits per heavy atom. The molecule has 1 aliphatic carbocycles. The van der Waals surface area contributed by atoms with Gasteiger partial charge in [-0.15, -0.1) is 5.10 Å². The summed E-state index contributed by atoms with van der Waals surface area (Å²) in [6.45, 7) is 2.96. The second kappa shape index (κ2) is 8.21. The summed E-state index contributed by atoms with van der Waals surface area (Å²) in [5.41, 5.74) is 2.91. The molecule has 2 aliphatic heterocycles. The predicted octanol–water partition coefficient (Wildman–Crippen LogP) is 3.54. The van der Waals surface area contributed by atoms with Crippen LogP contribution >= 0.6 is 0 Å². The maximum atomic E-state index is 14.5. The number of hydrogen-bond acceptors (Lipinski definition) is 7. The van der Waals surface area contributed by atoms with Crippen LogP contribution in [0.25, 0.3) is 5.52 Å². The van der Waals surface area contributed by atoms with Crippen molar-refractivity contribution in [1.29, 1.82) is 0 Å². The second-order valence-corrected chi connectivity index (χ2v) is 9.79. The molecule has 1 saturated heterocycles. The van der Waals surface area contributed by atoms with Crippen LogP contribution in [0.2, 0.25) is 0 Å². The highest BCUT2D eigenvalue weighted by atomic mass is 19.1. The van der Waals surface area contributed by atoms with Gasteiger partial charge in [-0.05, 0) is 53.7 Å². The van der Waals surface area contributed by atoms with Gasteiger partial charge in [-0.25, -0.2) is 13.9 Å². The molecule has 1 saturated carbocycles. The van der Waals surface area contributed by atoms with Crippen LogP contribution in [0.15, 0.2) is 53.3 Å². The van der Waals surface area contributed by atoms with E-state index in [1.54, 1.807) is 15.6 Å². The summed E-state index contributed by atoms with van der Waals surface area (Å²) >= 11 is 0. The first-order valence-electron chi connectivity index (χ1n) is 11.8. The highest BCUT2D eigenvalue weighted by Gasteiger charge is 2.42. The van der Waals surface area contributed by atoms with Crippen molar-refractivity contribution in [3.8, 4) is 0 Å². The third-order valence-corrected chi connectivity index (χ3v) is 7.18. The van der Waals surface area contributed by atoms with Gasteiger partial charge >= 0.3 is 0 Å². The first-order valence-corrected chi connectivity index (χ1v) is 11.8. The molecule has 0 radical (unpaired) electrons. The van der Waals surface area contributed by atoms with Crippen LogP contribution in [-0.2, 0) is 11.2 Å². The number of aromatic nitrogens is 4. The fraction of sp³-hybridized carbons (Fsp3) is 0.400. The van der Waals surface area contributed by atoms with Crippen molar-refractivity contribution < 1.29 is 13.6 Å². The van der Waals surface area contributed by atoms with E-state index in [9.17, 15) is 13.6 Å². The molecule has 35 heavy (non-hydrogen) atoms. The van der Waals surface area contributed by atoms with Gasteiger partial charge in [-0.1, -0.05) is 13.0 Å². The Labute approximate surface area is 200 Å². The Balaban J connectivity index is 1.28. The molecular weight excluding hydrogens is 452 g/mol. The zero-order valence-electron chi connectivity index (χ0n) is 19.3. The lowest BCUT2D eigenvalue weighted by atomic mass is 9.99. The normalized spacial score (nSPS) is 22.9. The largest absolute Gasteiger partial charge is 0.326 e. The highest BCUT2D eigenvalue weighted by Crippen LogP contribution is 2.52. The van der Waals surface area contributed by atoms with Crippen molar-refractivity contribution in [2.75, 3.05) is 23.3 Å². The summed E-state index contributed by atoms with van der Waals surface area (Å²) in [5, 5.41) is 7.87. The number of rotatable bonds is 6. The maximum Gasteiger partial charge on any atom is 0.246 e. The number of nitrogens with one attached hydrogen (secondary N) is 1. The number of carbonyl (C=O) groups excluding carboxylic acids is 1. The number of aliphatic imine (C=N–C) groups is 1. The zero-order chi connectivity index (χ0) is 24.2. The average Bonchev–Trinajstić information content (AvgIpc) is 3.23. The molecule has 6 rings (SSSR count). The topological polar surface area (TPSA) is 87.8 Å². The van der Waals surface area contributed by atoms with E-state index in [1.807, 2.05) is 12.1 Å². The van der Waals surface area contributed by atoms with Gasteiger partial charge in [0.05, 0.1) is 19.1 Å². The molecular formula is C25H25F2N7O.